The molecule has 0 saturated carbocycles. The topological polar surface area (TPSA) is 218 Å². The maximum absolute atomic E-state index is 14.1. The summed E-state index contributed by atoms with van der Waals surface area (Å²) in [6, 6.07) is 10.5. The van der Waals surface area contributed by atoms with Gasteiger partial charge in [0.2, 0.25) is 29.5 Å². The molecule has 1 aromatic heterocycles. The molecule has 0 unspecified atom stereocenters. The zero-order valence-corrected chi connectivity index (χ0v) is 33.3. The molecular weight excluding hydrogens is 722 g/mol. The van der Waals surface area contributed by atoms with Gasteiger partial charge in [-0.1, -0.05) is 70.2 Å². The SMILES string of the molecule is CC(=O)N[C@H](C(=O)N[C@H](C(=O)N[C@@H](CC(C)C)C(=O)N[C@@H](CCC(=O)N(C)C)C(=O)Cn1[nH]c(=O)c2ccccc2c1=O)[C@@H](C)OCc1ccccc1)C(C)C. The Morgan fingerprint density at radius 3 is 1.93 bits per heavy atom. The largest absolute Gasteiger partial charge is 0.371 e. The average Bonchev–Trinajstić information content (AvgIpc) is 3.14. The summed E-state index contributed by atoms with van der Waals surface area (Å²) < 4.78 is 6.89. The standard InChI is InChI=1S/C40H55N7O9/c1-23(2)20-31(43-39(54)35(25(5)56-22-27-14-10-9-11-15-27)44-38(53)34(24(3)4)41-26(6)48)37(52)42-30(18-19-33(50)46(7)8)32(49)21-47-40(55)29-17-13-12-16-28(29)36(51)45-47/h9-17,23-25,30-31,34-35H,18-22H2,1-8H3,(H,41,48)(H,42,52)(H,43,54)(H,44,53)(H,45,51)/t25-,30+,31+,34+,35+/m1/s1. The fourth-order valence-corrected chi connectivity index (χ4v) is 5.96. The van der Waals surface area contributed by atoms with E-state index in [4.69, 9.17) is 4.74 Å². The zero-order chi connectivity index (χ0) is 41.7. The molecule has 5 amide bonds. The zero-order valence-electron chi connectivity index (χ0n) is 33.3. The lowest BCUT2D eigenvalue weighted by Crippen LogP contribution is -2.61. The molecule has 0 aliphatic heterocycles. The number of ketones is 1. The van der Waals surface area contributed by atoms with Crippen molar-refractivity contribution in [2.75, 3.05) is 14.1 Å². The number of benzene rings is 2. The molecule has 5 atom stereocenters. The molecule has 3 rings (SSSR count). The number of carbonyl (C=O) groups is 6. The average molecular weight is 778 g/mol. The summed E-state index contributed by atoms with van der Waals surface area (Å²) in [5.41, 5.74) is -0.391. The van der Waals surface area contributed by atoms with Gasteiger partial charge in [-0.2, -0.15) is 0 Å². The van der Waals surface area contributed by atoms with Crippen molar-refractivity contribution in [2.24, 2.45) is 11.8 Å². The molecule has 0 aliphatic rings. The molecule has 1 heterocycles. The fourth-order valence-electron chi connectivity index (χ4n) is 5.96. The molecule has 0 spiro atoms. The van der Waals surface area contributed by atoms with Crippen molar-refractivity contribution in [1.82, 2.24) is 35.9 Å². The maximum Gasteiger partial charge on any atom is 0.273 e. The van der Waals surface area contributed by atoms with Gasteiger partial charge in [0.1, 0.15) is 24.7 Å². The van der Waals surface area contributed by atoms with Crippen LogP contribution in [-0.4, -0.2) is 94.4 Å². The van der Waals surface area contributed by atoms with Gasteiger partial charge in [0.25, 0.3) is 11.1 Å². The van der Waals surface area contributed by atoms with Crippen LogP contribution in [0.4, 0.5) is 0 Å². The summed E-state index contributed by atoms with van der Waals surface area (Å²) in [7, 11) is 3.09. The van der Waals surface area contributed by atoms with E-state index in [-0.39, 0.29) is 54.4 Å². The lowest BCUT2D eigenvalue weighted by Gasteiger charge is -2.30. The van der Waals surface area contributed by atoms with Crippen molar-refractivity contribution in [3.05, 3.63) is 80.9 Å². The number of aromatic amines is 1. The summed E-state index contributed by atoms with van der Waals surface area (Å²) in [5.74, 6) is -4.02. The number of fused-ring (bicyclic) bond motifs is 1. The Balaban J connectivity index is 1.92. The number of hydrogen-bond acceptors (Lipinski definition) is 9. The van der Waals surface area contributed by atoms with Crippen LogP contribution in [0.25, 0.3) is 10.8 Å². The number of hydrogen-bond donors (Lipinski definition) is 5. The normalized spacial score (nSPS) is 14.0. The summed E-state index contributed by atoms with van der Waals surface area (Å²) >= 11 is 0. The molecule has 56 heavy (non-hydrogen) atoms. The highest BCUT2D eigenvalue weighted by Gasteiger charge is 2.35. The van der Waals surface area contributed by atoms with Gasteiger partial charge < -0.3 is 30.9 Å². The van der Waals surface area contributed by atoms with Crippen LogP contribution in [0.15, 0.2) is 64.2 Å². The Bertz CT molecular complexity index is 1970. The van der Waals surface area contributed by atoms with Crippen LogP contribution in [0, 0.1) is 11.8 Å². The predicted octanol–water partition coefficient (Wildman–Crippen LogP) is 1.39. The van der Waals surface area contributed by atoms with E-state index in [9.17, 15) is 38.4 Å². The minimum absolute atomic E-state index is 0.104. The summed E-state index contributed by atoms with van der Waals surface area (Å²) in [4.78, 5) is 107. The van der Waals surface area contributed by atoms with Crippen molar-refractivity contribution >= 4 is 46.1 Å². The van der Waals surface area contributed by atoms with Crippen LogP contribution in [0.5, 0.6) is 0 Å². The van der Waals surface area contributed by atoms with E-state index in [2.05, 4.69) is 26.4 Å². The molecule has 0 saturated heterocycles. The first-order chi connectivity index (χ1) is 26.4. The van der Waals surface area contributed by atoms with Crippen molar-refractivity contribution in [3.63, 3.8) is 0 Å². The van der Waals surface area contributed by atoms with Crippen LogP contribution in [0.2, 0.25) is 0 Å². The van der Waals surface area contributed by atoms with Gasteiger partial charge in [0.15, 0.2) is 5.78 Å². The van der Waals surface area contributed by atoms with E-state index < -0.39 is 77.3 Å². The first kappa shape index (κ1) is 44.8. The van der Waals surface area contributed by atoms with E-state index in [0.29, 0.717) is 0 Å². The Kier molecular flexibility index (Phi) is 16.7. The van der Waals surface area contributed by atoms with Crippen molar-refractivity contribution in [1.29, 1.82) is 0 Å². The molecule has 2 aromatic carbocycles. The number of aromatic nitrogens is 2. The predicted molar refractivity (Wildman–Crippen MR) is 210 cm³/mol. The van der Waals surface area contributed by atoms with Crippen LogP contribution in [0.1, 0.15) is 66.4 Å². The number of nitrogens with one attached hydrogen (secondary N) is 5. The molecule has 0 radical (unpaired) electrons. The highest BCUT2D eigenvalue weighted by atomic mass is 16.5. The van der Waals surface area contributed by atoms with Gasteiger partial charge in [0, 0.05) is 27.4 Å². The van der Waals surface area contributed by atoms with Gasteiger partial charge in [-0.25, -0.2) is 4.68 Å². The summed E-state index contributed by atoms with van der Waals surface area (Å²) in [6.07, 6.45) is -1.07. The van der Waals surface area contributed by atoms with Crippen LogP contribution >= 0.6 is 0 Å². The third-order valence-corrected chi connectivity index (χ3v) is 9.10. The van der Waals surface area contributed by atoms with Crippen LogP contribution in [-0.2, 0) is 46.7 Å². The lowest BCUT2D eigenvalue weighted by atomic mass is 9.99. The second-order valence-electron chi connectivity index (χ2n) is 14.8. The van der Waals surface area contributed by atoms with E-state index in [0.717, 1.165) is 10.2 Å². The Labute approximate surface area is 326 Å². The van der Waals surface area contributed by atoms with Crippen LogP contribution in [0.3, 0.4) is 0 Å². The first-order valence-corrected chi connectivity index (χ1v) is 18.7. The minimum Gasteiger partial charge on any atom is -0.371 e. The van der Waals surface area contributed by atoms with Crippen molar-refractivity contribution in [2.45, 2.75) is 104 Å². The minimum atomic E-state index is -1.32. The maximum atomic E-state index is 14.1. The molecule has 5 N–H and O–H groups in total. The monoisotopic (exact) mass is 777 g/mol. The number of amides is 5. The van der Waals surface area contributed by atoms with Gasteiger partial charge >= 0.3 is 0 Å². The number of ether oxygens (including phenoxy) is 1. The number of H-pyrrole nitrogens is 1. The van der Waals surface area contributed by atoms with E-state index in [1.165, 1.54) is 24.0 Å². The Morgan fingerprint density at radius 2 is 1.34 bits per heavy atom. The molecule has 0 aliphatic carbocycles. The molecular formula is C40H55N7O9. The second kappa shape index (κ2) is 20.9. The number of Topliss-reactive ketones (excluding diaryl/α,β-unsaturated/α-hetero) is 1. The number of rotatable bonds is 20. The van der Waals surface area contributed by atoms with E-state index in [1.807, 2.05) is 44.2 Å². The quantitative estimate of drug-likeness (QED) is 0.112. The highest BCUT2D eigenvalue weighted by molar-refractivity contribution is 5.96. The number of nitrogens with zero attached hydrogens (tertiary/aromatic N) is 2. The van der Waals surface area contributed by atoms with Crippen LogP contribution < -0.4 is 32.4 Å². The number of carbonyl (C=O) groups excluding carboxylic acids is 6. The molecule has 304 valence electrons. The Hall–Kier alpha value is -5.64. The van der Waals surface area contributed by atoms with E-state index >= 15 is 0 Å². The van der Waals surface area contributed by atoms with Gasteiger partial charge in [-0.3, -0.25) is 43.5 Å². The second-order valence-corrected chi connectivity index (χ2v) is 14.8. The fraction of sp³-hybridized carbons (Fsp3) is 0.500. The first-order valence-electron chi connectivity index (χ1n) is 18.7. The molecule has 16 heteroatoms. The van der Waals surface area contributed by atoms with Gasteiger partial charge in [-0.15, -0.1) is 0 Å². The highest BCUT2D eigenvalue weighted by Crippen LogP contribution is 2.13. The molecule has 3 aromatic rings. The van der Waals surface area contributed by atoms with Crippen molar-refractivity contribution < 1.29 is 33.5 Å². The van der Waals surface area contributed by atoms with Gasteiger partial charge in [0.05, 0.1) is 29.5 Å². The molecule has 16 nitrogen and oxygen atoms in total. The molecule has 0 fully saturated rings. The Morgan fingerprint density at radius 1 is 0.750 bits per heavy atom. The van der Waals surface area contributed by atoms with Crippen molar-refractivity contribution in [3.8, 4) is 0 Å². The lowest BCUT2D eigenvalue weighted by molar-refractivity contribution is -0.138. The summed E-state index contributed by atoms with van der Waals surface area (Å²) in [5, 5.41) is 13.4. The molecule has 0 bridgehead atoms. The summed E-state index contributed by atoms with van der Waals surface area (Å²) in [6.45, 7) is 9.52. The van der Waals surface area contributed by atoms with Gasteiger partial charge in [-0.05, 0) is 49.3 Å². The third kappa shape index (κ3) is 13.0. The van der Waals surface area contributed by atoms with E-state index in [1.54, 1.807) is 47.0 Å². The third-order valence-electron chi connectivity index (χ3n) is 9.10. The smallest absolute Gasteiger partial charge is 0.273 e.